The van der Waals surface area contributed by atoms with Gasteiger partial charge in [0.2, 0.25) is 10.0 Å². The molecule has 0 saturated heterocycles. The topological polar surface area (TPSA) is 63.4 Å². The molecule has 0 radical (unpaired) electrons. The lowest BCUT2D eigenvalue weighted by molar-refractivity contribution is -0.137. The lowest BCUT2D eigenvalue weighted by Gasteiger charge is -2.20. The Kier molecular flexibility index (Phi) is 5.04. The number of sulfonamides is 1. The van der Waals surface area contributed by atoms with Gasteiger partial charge in [-0.2, -0.15) is 17.5 Å². The second-order valence-electron chi connectivity index (χ2n) is 4.24. The molecule has 4 nitrogen and oxygen atoms in total. The number of nitrogens with two attached hydrogens (primary N) is 1. The predicted octanol–water partition coefficient (Wildman–Crippen LogP) is 2.71. The second-order valence-corrected chi connectivity index (χ2v) is 6.18. The minimum absolute atomic E-state index is 0.196. The van der Waals surface area contributed by atoms with Gasteiger partial charge < -0.3 is 5.73 Å². The fraction of sp³-hybridized carbons (Fsp3) is 0.500. The van der Waals surface area contributed by atoms with Gasteiger partial charge in [-0.15, -0.1) is 0 Å². The number of hydrogen-bond acceptors (Lipinski definition) is 3. The maximum Gasteiger partial charge on any atom is 0.418 e. The molecule has 0 heterocycles. The van der Waals surface area contributed by atoms with Crippen molar-refractivity contribution in [2.45, 2.75) is 31.3 Å². The van der Waals surface area contributed by atoms with E-state index in [1.165, 1.54) is 0 Å². The zero-order chi connectivity index (χ0) is 15.6. The zero-order valence-corrected chi connectivity index (χ0v) is 12.1. The molecule has 0 atom stereocenters. The summed E-state index contributed by atoms with van der Waals surface area (Å²) in [6, 6.07) is 2.65. The van der Waals surface area contributed by atoms with E-state index < -0.39 is 32.3 Å². The van der Waals surface area contributed by atoms with Gasteiger partial charge in [0.25, 0.3) is 0 Å². The Hall–Kier alpha value is -1.28. The highest BCUT2D eigenvalue weighted by Gasteiger charge is 2.35. The molecular weight excluding hydrogens is 293 g/mol. The van der Waals surface area contributed by atoms with Crippen LogP contribution in [-0.4, -0.2) is 25.8 Å². The van der Waals surface area contributed by atoms with E-state index in [1.54, 1.807) is 13.8 Å². The Bertz CT molecular complexity index is 571. The molecule has 8 heteroatoms. The molecule has 0 bridgehead atoms. The zero-order valence-electron chi connectivity index (χ0n) is 11.2. The molecule has 20 heavy (non-hydrogen) atoms. The number of hydrogen-bond donors (Lipinski definition) is 1. The number of alkyl halides is 3. The van der Waals surface area contributed by atoms with E-state index in [0.29, 0.717) is 12.5 Å². The summed E-state index contributed by atoms with van der Waals surface area (Å²) in [6.07, 6.45) is -4.11. The van der Waals surface area contributed by atoms with Crippen LogP contribution >= 0.6 is 0 Å². The molecule has 0 fully saturated rings. The highest BCUT2D eigenvalue weighted by atomic mass is 32.2. The maximum absolute atomic E-state index is 12.8. The maximum atomic E-state index is 12.8. The first-order valence-electron chi connectivity index (χ1n) is 6.11. The van der Waals surface area contributed by atoms with Crippen molar-refractivity contribution in [1.29, 1.82) is 0 Å². The van der Waals surface area contributed by atoms with E-state index in [1.807, 2.05) is 0 Å². The van der Waals surface area contributed by atoms with Gasteiger partial charge in [0, 0.05) is 18.8 Å². The van der Waals surface area contributed by atoms with E-state index in [9.17, 15) is 21.6 Å². The third-order valence-corrected chi connectivity index (χ3v) is 4.76. The van der Waals surface area contributed by atoms with Crippen molar-refractivity contribution in [3.8, 4) is 0 Å². The number of benzene rings is 1. The number of nitrogens with zero attached hydrogens (tertiary/aromatic N) is 1. The van der Waals surface area contributed by atoms with Crippen molar-refractivity contribution in [3.05, 3.63) is 23.8 Å². The lowest BCUT2D eigenvalue weighted by Crippen LogP contribution is -2.31. The van der Waals surface area contributed by atoms with Crippen molar-refractivity contribution in [2.24, 2.45) is 0 Å². The summed E-state index contributed by atoms with van der Waals surface area (Å²) in [5.74, 6) is 0. The number of halogens is 3. The molecule has 1 rings (SSSR count). The number of nitrogen functional groups attached to an aromatic ring is 1. The minimum Gasteiger partial charge on any atom is -0.398 e. The predicted molar refractivity (Wildman–Crippen MR) is 70.6 cm³/mol. The fourth-order valence-electron chi connectivity index (χ4n) is 1.79. The van der Waals surface area contributed by atoms with E-state index in [4.69, 9.17) is 5.73 Å². The highest BCUT2D eigenvalue weighted by Crippen LogP contribution is 2.35. The molecule has 2 N–H and O–H groups in total. The largest absolute Gasteiger partial charge is 0.418 e. The molecule has 0 aliphatic carbocycles. The Morgan fingerprint density at radius 3 is 2.30 bits per heavy atom. The van der Waals surface area contributed by atoms with Crippen LogP contribution in [0.15, 0.2) is 23.1 Å². The summed E-state index contributed by atoms with van der Waals surface area (Å²) < 4.78 is 63.9. The van der Waals surface area contributed by atoms with Crippen LogP contribution in [0, 0.1) is 0 Å². The molecule has 0 amide bonds. The van der Waals surface area contributed by atoms with Crippen molar-refractivity contribution in [3.63, 3.8) is 0 Å². The van der Waals surface area contributed by atoms with E-state index in [-0.39, 0.29) is 13.1 Å². The van der Waals surface area contributed by atoms with Gasteiger partial charge in [0.1, 0.15) is 0 Å². The lowest BCUT2D eigenvalue weighted by atomic mass is 10.2. The fourth-order valence-corrected chi connectivity index (χ4v) is 3.36. The van der Waals surface area contributed by atoms with E-state index >= 15 is 0 Å². The number of rotatable bonds is 5. The van der Waals surface area contributed by atoms with Gasteiger partial charge in [-0.3, -0.25) is 0 Å². The normalized spacial score (nSPS) is 12.9. The monoisotopic (exact) mass is 310 g/mol. The second kappa shape index (κ2) is 6.01. The highest BCUT2D eigenvalue weighted by molar-refractivity contribution is 7.89. The van der Waals surface area contributed by atoms with Crippen molar-refractivity contribution in [1.82, 2.24) is 4.31 Å². The molecule has 0 aliphatic heterocycles. The van der Waals surface area contributed by atoms with Crippen LogP contribution in [0.4, 0.5) is 18.9 Å². The van der Waals surface area contributed by atoms with Gasteiger partial charge in [0.15, 0.2) is 0 Å². The SMILES string of the molecule is CCCN(CC)S(=O)(=O)c1ccc(N)c(C(F)(F)F)c1. The summed E-state index contributed by atoms with van der Waals surface area (Å²) in [6.45, 7) is 3.88. The van der Waals surface area contributed by atoms with Crippen LogP contribution in [0.1, 0.15) is 25.8 Å². The first-order valence-corrected chi connectivity index (χ1v) is 7.55. The summed E-state index contributed by atoms with van der Waals surface area (Å²) in [5, 5.41) is 0. The smallest absolute Gasteiger partial charge is 0.398 e. The summed E-state index contributed by atoms with van der Waals surface area (Å²) in [5.41, 5.74) is 3.63. The van der Waals surface area contributed by atoms with Crippen LogP contribution in [0.2, 0.25) is 0 Å². The Labute approximate surface area is 116 Å². The van der Waals surface area contributed by atoms with Crippen LogP contribution in [0.5, 0.6) is 0 Å². The molecule has 0 unspecified atom stereocenters. The number of anilines is 1. The third kappa shape index (κ3) is 3.43. The van der Waals surface area contributed by atoms with Crippen molar-refractivity contribution >= 4 is 15.7 Å². The molecule has 1 aromatic carbocycles. The van der Waals surface area contributed by atoms with Gasteiger partial charge >= 0.3 is 6.18 Å². The Balaban J connectivity index is 3.33. The molecule has 0 saturated carbocycles. The molecule has 114 valence electrons. The molecule has 0 aromatic heterocycles. The summed E-state index contributed by atoms with van der Waals surface area (Å²) >= 11 is 0. The molecule has 0 aliphatic rings. The van der Waals surface area contributed by atoms with Crippen LogP contribution in [0.25, 0.3) is 0 Å². The average molecular weight is 310 g/mol. The van der Waals surface area contributed by atoms with E-state index in [2.05, 4.69) is 0 Å². The summed E-state index contributed by atoms with van der Waals surface area (Å²) in [7, 11) is -3.94. The van der Waals surface area contributed by atoms with Gasteiger partial charge in [-0.05, 0) is 24.6 Å². The first kappa shape index (κ1) is 16.8. The van der Waals surface area contributed by atoms with Gasteiger partial charge in [0.05, 0.1) is 10.5 Å². The van der Waals surface area contributed by atoms with Crippen LogP contribution < -0.4 is 5.73 Å². The van der Waals surface area contributed by atoms with Crippen molar-refractivity contribution < 1.29 is 21.6 Å². The summed E-state index contributed by atoms with van der Waals surface area (Å²) in [4.78, 5) is -0.394. The molecular formula is C12H17F3N2O2S. The average Bonchev–Trinajstić information content (AvgIpc) is 2.34. The van der Waals surface area contributed by atoms with Crippen molar-refractivity contribution in [2.75, 3.05) is 18.8 Å². The van der Waals surface area contributed by atoms with E-state index in [0.717, 1.165) is 16.4 Å². The van der Waals surface area contributed by atoms with Gasteiger partial charge in [-0.25, -0.2) is 8.42 Å². The molecule has 1 aromatic rings. The molecule has 0 spiro atoms. The van der Waals surface area contributed by atoms with Crippen LogP contribution in [-0.2, 0) is 16.2 Å². The quantitative estimate of drug-likeness (QED) is 0.851. The standard InChI is InChI=1S/C12H17F3N2O2S/c1-3-7-17(4-2)20(18,19)9-5-6-11(16)10(8-9)12(13,14)15/h5-6,8H,3-4,7,16H2,1-2H3. The van der Waals surface area contributed by atoms with Gasteiger partial charge in [-0.1, -0.05) is 13.8 Å². The van der Waals surface area contributed by atoms with Crippen LogP contribution in [0.3, 0.4) is 0 Å². The Morgan fingerprint density at radius 1 is 1.25 bits per heavy atom. The Morgan fingerprint density at radius 2 is 1.85 bits per heavy atom. The third-order valence-electron chi connectivity index (χ3n) is 2.79. The first-order chi connectivity index (χ1) is 9.14. The minimum atomic E-state index is -4.68.